The zero-order chi connectivity index (χ0) is 41.6. The van der Waals surface area contributed by atoms with Crippen molar-refractivity contribution in [3.63, 3.8) is 0 Å². The minimum atomic E-state index is -1.27. The standard InChI is InChI=1S/C44H56F3N7O4/c1-7-23(4)42(56)51-34(9-3)44(58)54-20-26-14-32(26)38(54)22-53-37-13-11-28(46)18-36(37)50-41(53)40-33(31-12-10-27(45)17-35(31)49-40)19-30-16-29(47)21-52(30)43(57)25(8-2)15-39(55)24(5)48-6/h10-13,17-18,23-26,29-30,32,34,38,48-49H,7-9,14-16,19-22H2,1-6H3,(H,51,56)/t23-,24+,25-,26+,29+,30+,32+,34+,38-/m1/s1. The number of hydrogen-bond acceptors (Lipinski definition) is 6. The number of nitrogens with one attached hydrogen (secondary N) is 3. The lowest BCUT2D eigenvalue weighted by Crippen LogP contribution is -2.52. The van der Waals surface area contributed by atoms with Crippen LogP contribution >= 0.6 is 0 Å². The Morgan fingerprint density at radius 3 is 2.38 bits per heavy atom. The summed E-state index contributed by atoms with van der Waals surface area (Å²) in [7, 11) is 1.69. The largest absolute Gasteiger partial charge is 0.352 e. The molecule has 3 N–H and O–H groups in total. The molecule has 0 bridgehead atoms. The number of aromatic nitrogens is 3. The van der Waals surface area contributed by atoms with Crippen molar-refractivity contribution in [3.05, 3.63) is 53.6 Å². The second kappa shape index (κ2) is 16.9. The molecular weight excluding hydrogens is 748 g/mol. The summed E-state index contributed by atoms with van der Waals surface area (Å²) in [6.45, 7) is 10.1. The van der Waals surface area contributed by atoms with Crippen LogP contribution in [-0.2, 0) is 32.1 Å². The van der Waals surface area contributed by atoms with E-state index in [0.29, 0.717) is 77.3 Å². The summed E-state index contributed by atoms with van der Waals surface area (Å²) < 4.78 is 47.0. The minimum Gasteiger partial charge on any atom is -0.352 e. The van der Waals surface area contributed by atoms with Crippen LogP contribution in [0.15, 0.2) is 36.4 Å². The number of halogens is 3. The molecule has 7 rings (SSSR count). The molecule has 2 aromatic heterocycles. The lowest BCUT2D eigenvalue weighted by atomic mass is 9.94. The number of rotatable bonds is 16. The van der Waals surface area contributed by atoms with E-state index in [9.17, 15) is 28.0 Å². The second-order valence-corrected chi connectivity index (χ2v) is 16.8. The zero-order valence-electron chi connectivity index (χ0n) is 34.3. The summed E-state index contributed by atoms with van der Waals surface area (Å²) in [6.07, 6.45) is 1.57. The Balaban J connectivity index is 1.26. The SMILES string of the molecule is CC[C@H](CC(=O)[C@H](C)NC)C(=O)N1C[C@@H](F)C[C@H]1Cc1c(-c2nc3cc(F)ccc3n2C[C@@H]2[C@H]3C[C@H]3CN2C(=O)[C@H](CC)NC(=O)[C@H](C)CC)[nH]c2cc(F)ccc12. The van der Waals surface area contributed by atoms with Crippen molar-refractivity contribution in [2.75, 3.05) is 20.1 Å². The first-order valence-electron chi connectivity index (χ1n) is 21.0. The summed E-state index contributed by atoms with van der Waals surface area (Å²) in [5.74, 6) is -1.37. The number of amides is 3. The Kier molecular flexibility index (Phi) is 12.1. The summed E-state index contributed by atoms with van der Waals surface area (Å²) in [5, 5.41) is 6.60. The number of piperidine rings is 1. The van der Waals surface area contributed by atoms with Crippen LogP contribution in [0.5, 0.6) is 0 Å². The molecule has 0 spiro atoms. The molecule has 1 saturated carbocycles. The van der Waals surface area contributed by atoms with Gasteiger partial charge in [0.2, 0.25) is 17.7 Å². The van der Waals surface area contributed by atoms with Gasteiger partial charge < -0.3 is 30.0 Å². The van der Waals surface area contributed by atoms with E-state index in [2.05, 4.69) is 15.6 Å². The molecule has 0 radical (unpaired) electrons. The molecule has 9 atom stereocenters. The highest BCUT2D eigenvalue weighted by molar-refractivity contribution is 5.93. The van der Waals surface area contributed by atoms with E-state index in [1.807, 2.05) is 37.2 Å². The van der Waals surface area contributed by atoms with Crippen molar-refractivity contribution >= 4 is 45.4 Å². The molecule has 3 aliphatic rings. The van der Waals surface area contributed by atoms with Crippen LogP contribution in [-0.4, -0.2) is 98.3 Å². The fourth-order valence-electron chi connectivity index (χ4n) is 9.17. The van der Waals surface area contributed by atoms with Crippen LogP contribution in [0.2, 0.25) is 0 Å². The molecule has 14 heteroatoms. The van der Waals surface area contributed by atoms with Gasteiger partial charge in [-0.25, -0.2) is 18.2 Å². The Labute approximate surface area is 337 Å². The highest BCUT2D eigenvalue weighted by Crippen LogP contribution is 2.51. The third kappa shape index (κ3) is 8.00. The first kappa shape index (κ1) is 41.4. The van der Waals surface area contributed by atoms with E-state index in [0.717, 1.165) is 6.42 Å². The molecule has 2 saturated heterocycles. The van der Waals surface area contributed by atoms with Gasteiger partial charge in [0.25, 0.3) is 0 Å². The van der Waals surface area contributed by atoms with Crippen molar-refractivity contribution < 1.29 is 32.3 Å². The summed E-state index contributed by atoms with van der Waals surface area (Å²) in [6, 6.07) is 6.94. The fraction of sp³-hybridized carbons (Fsp3) is 0.568. The van der Waals surface area contributed by atoms with E-state index in [-0.39, 0.29) is 67.2 Å². The van der Waals surface area contributed by atoms with Gasteiger partial charge in [-0.3, -0.25) is 19.2 Å². The van der Waals surface area contributed by atoms with Crippen LogP contribution < -0.4 is 10.6 Å². The van der Waals surface area contributed by atoms with Gasteiger partial charge in [-0.15, -0.1) is 0 Å². The normalized spacial score (nSPS) is 23.6. The number of ketones is 1. The molecule has 2 aromatic carbocycles. The molecule has 0 unspecified atom stereocenters. The van der Waals surface area contributed by atoms with E-state index >= 15 is 4.39 Å². The maximum Gasteiger partial charge on any atom is 0.245 e. The van der Waals surface area contributed by atoms with E-state index < -0.39 is 41.8 Å². The number of fused-ring (bicyclic) bond motifs is 3. The van der Waals surface area contributed by atoms with Crippen LogP contribution in [0.1, 0.15) is 78.7 Å². The van der Waals surface area contributed by atoms with Crippen LogP contribution in [0.4, 0.5) is 13.2 Å². The Morgan fingerprint density at radius 2 is 1.67 bits per heavy atom. The van der Waals surface area contributed by atoms with Crippen molar-refractivity contribution in [1.29, 1.82) is 0 Å². The number of benzene rings is 2. The van der Waals surface area contributed by atoms with Crippen molar-refractivity contribution in [2.45, 2.75) is 116 Å². The van der Waals surface area contributed by atoms with Crippen molar-refractivity contribution in [1.82, 2.24) is 35.0 Å². The minimum absolute atomic E-state index is 0.0431. The molecule has 58 heavy (non-hydrogen) atoms. The van der Waals surface area contributed by atoms with Gasteiger partial charge in [0.15, 0.2) is 5.82 Å². The first-order valence-corrected chi connectivity index (χ1v) is 21.0. The topological polar surface area (TPSA) is 132 Å². The van der Waals surface area contributed by atoms with Gasteiger partial charge in [-0.05, 0) is 93.8 Å². The molecule has 312 valence electrons. The fourth-order valence-corrected chi connectivity index (χ4v) is 9.17. The molecule has 3 fully saturated rings. The smallest absolute Gasteiger partial charge is 0.245 e. The van der Waals surface area contributed by atoms with Crippen LogP contribution in [0.25, 0.3) is 33.5 Å². The Bertz CT molecular complexity index is 2200. The number of imidazole rings is 1. The number of carbonyl (C=O) groups is 4. The Hall–Kier alpha value is -4.72. The van der Waals surface area contributed by atoms with E-state index in [1.54, 1.807) is 31.0 Å². The number of alkyl halides is 1. The Morgan fingerprint density at radius 1 is 0.931 bits per heavy atom. The number of likely N-dealkylation sites (N-methyl/N-ethyl adjacent to an activating group) is 1. The van der Waals surface area contributed by atoms with Gasteiger partial charge >= 0.3 is 0 Å². The maximum absolute atomic E-state index is 15.4. The third-order valence-electron chi connectivity index (χ3n) is 13.1. The molecule has 4 heterocycles. The predicted molar refractivity (Wildman–Crippen MR) is 216 cm³/mol. The number of nitrogens with zero attached hydrogens (tertiary/aromatic N) is 4. The van der Waals surface area contributed by atoms with Crippen molar-refractivity contribution in [2.24, 2.45) is 23.7 Å². The number of likely N-dealkylation sites (tertiary alicyclic amines) is 2. The quantitative estimate of drug-likeness (QED) is 0.122. The summed E-state index contributed by atoms with van der Waals surface area (Å²) >= 11 is 0. The summed E-state index contributed by atoms with van der Waals surface area (Å²) in [5.41, 5.74) is 2.78. The number of hydrogen-bond donors (Lipinski definition) is 3. The average molecular weight is 804 g/mol. The first-order chi connectivity index (χ1) is 27.8. The van der Waals surface area contributed by atoms with Crippen LogP contribution in [0, 0.1) is 35.3 Å². The van der Waals surface area contributed by atoms with Gasteiger partial charge in [-0.1, -0.05) is 27.7 Å². The summed E-state index contributed by atoms with van der Waals surface area (Å²) in [4.78, 5) is 65.9. The maximum atomic E-state index is 15.4. The monoisotopic (exact) mass is 803 g/mol. The number of aromatic amines is 1. The zero-order valence-corrected chi connectivity index (χ0v) is 34.3. The second-order valence-electron chi connectivity index (χ2n) is 16.8. The van der Waals surface area contributed by atoms with E-state index in [4.69, 9.17) is 4.98 Å². The third-order valence-corrected chi connectivity index (χ3v) is 13.1. The molecule has 2 aliphatic heterocycles. The lowest BCUT2D eigenvalue weighted by Gasteiger charge is -2.32. The van der Waals surface area contributed by atoms with Gasteiger partial charge in [0.1, 0.15) is 29.6 Å². The van der Waals surface area contributed by atoms with Crippen molar-refractivity contribution in [3.8, 4) is 11.5 Å². The van der Waals surface area contributed by atoms with Crippen LogP contribution in [0.3, 0.4) is 0 Å². The lowest BCUT2D eigenvalue weighted by molar-refractivity contribution is -0.139. The number of carbonyl (C=O) groups excluding carboxylic acids is 4. The highest BCUT2D eigenvalue weighted by atomic mass is 19.1. The molecule has 4 aromatic rings. The van der Waals surface area contributed by atoms with Gasteiger partial charge in [0, 0.05) is 60.8 Å². The van der Waals surface area contributed by atoms with Gasteiger partial charge in [0.05, 0.1) is 35.4 Å². The molecule has 11 nitrogen and oxygen atoms in total. The number of Topliss-reactive ketones (excluding diaryl/α,β-unsaturated/α-hetero) is 1. The average Bonchev–Trinajstić information content (AvgIpc) is 3.43. The predicted octanol–water partition coefficient (Wildman–Crippen LogP) is 6.33. The molecule has 3 amide bonds. The molecule has 1 aliphatic carbocycles. The highest BCUT2D eigenvalue weighted by Gasteiger charge is 2.55. The van der Waals surface area contributed by atoms with Gasteiger partial charge in [-0.2, -0.15) is 0 Å². The van der Waals surface area contributed by atoms with E-state index in [1.165, 1.54) is 24.3 Å². The number of H-pyrrole nitrogens is 1. The molecular formula is C44H56F3N7O4.